The van der Waals surface area contributed by atoms with Crippen molar-refractivity contribution in [2.45, 2.75) is 19.2 Å². The minimum Gasteiger partial charge on any atom is -0.279 e. The van der Waals surface area contributed by atoms with Gasteiger partial charge in [-0.25, -0.2) is 18.7 Å². The maximum Gasteiger partial charge on any atom is 0.164 e. The highest BCUT2D eigenvalue weighted by Gasteiger charge is 2.19. The normalized spacial score (nSPS) is 12.8. The number of aromatic nitrogens is 3. The van der Waals surface area contributed by atoms with E-state index in [-0.39, 0.29) is 0 Å². The van der Waals surface area contributed by atoms with E-state index in [0.717, 1.165) is 11.6 Å². The summed E-state index contributed by atoms with van der Waals surface area (Å²) >= 11 is 6.16. The van der Waals surface area contributed by atoms with Gasteiger partial charge in [-0.05, 0) is 37.6 Å². The molecule has 0 spiro atoms. The monoisotopic (exact) mass is 307 g/mol. The van der Waals surface area contributed by atoms with Crippen molar-refractivity contribution < 1.29 is 8.78 Å². The molecule has 6 heteroatoms. The Bertz CT molecular complexity index is 807. The van der Waals surface area contributed by atoms with Crippen LogP contribution in [0.5, 0.6) is 0 Å². The zero-order valence-corrected chi connectivity index (χ0v) is 12.2. The Morgan fingerprint density at radius 1 is 1.19 bits per heavy atom. The van der Waals surface area contributed by atoms with E-state index in [9.17, 15) is 8.78 Å². The van der Waals surface area contributed by atoms with Crippen LogP contribution in [0.25, 0.3) is 16.9 Å². The molecule has 2 aromatic heterocycles. The van der Waals surface area contributed by atoms with E-state index in [0.29, 0.717) is 22.7 Å². The van der Waals surface area contributed by atoms with Crippen LogP contribution in [0.2, 0.25) is 0 Å². The van der Waals surface area contributed by atoms with Crippen LogP contribution < -0.4 is 0 Å². The zero-order chi connectivity index (χ0) is 15.1. The molecule has 0 aliphatic heterocycles. The van der Waals surface area contributed by atoms with E-state index in [4.69, 9.17) is 11.6 Å². The number of halogens is 3. The number of benzene rings is 1. The van der Waals surface area contributed by atoms with Gasteiger partial charge in [-0.3, -0.25) is 4.57 Å². The maximum atomic E-state index is 13.5. The van der Waals surface area contributed by atoms with Crippen LogP contribution >= 0.6 is 11.6 Å². The van der Waals surface area contributed by atoms with Gasteiger partial charge in [0.05, 0.1) is 11.1 Å². The fourth-order valence-corrected chi connectivity index (χ4v) is 2.45. The Morgan fingerprint density at radius 3 is 2.48 bits per heavy atom. The minimum absolute atomic E-state index is 0.315. The Morgan fingerprint density at radius 2 is 1.86 bits per heavy atom. The maximum absolute atomic E-state index is 13.5. The van der Waals surface area contributed by atoms with Crippen LogP contribution in [0, 0.1) is 18.6 Å². The highest BCUT2D eigenvalue weighted by Crippen LogP contribution is 2.29. The summed E-state index contributed by atoms with van der Waals surface area (Å²) in [6.45, 7) is 3.65. The van der Waals surface area contributed by atoms with Gasteiger partial charge in [-0.2, -0.15) is 0 Å². The van der Waals surface area contributed by atoms with E-state index < -0.39 is 17.0 Å². The Labute approximate surface area is 125 Å². The van der Waals surface area contributed by atoms with Crippen LogP contribution in [0.3, 0.4) is 0 Å². The predicted octanol–water partition coefficient (Wildman–Crippen LogP) is 4.31. The summed E-state index contributed by atoms with van der Waals surface area (Å²) in [4.78, 5) is 8.75. The molecule has 21 heavy (non-hydrogen) atoms. The van der Waals surface area contributed by atoms with Gasteiger partial charge in [-0.15, -0.1) is 11.6 Å². The molecule has 0 amide bonds. The second-order valence-corrected chi connectivity index (χ2v) is 5.50. The first kappa shape index (κ1) is 13.9. The van der Waals surface area contributed by atoms with Crippen molar-refractivity contribution in [3.63, 3.8) is 0 Å². The molecule has 3 rings (SSSR count). The molecule has 1 aromatic carbocycles. The minimum atomic E-state index is -0.660. The molecule has 0 aliphatic carbocycles. The summed E-state index contributed by atoms with van der Waals surface area (Å²) in [6, 6.07) is 5.12. The van der Waals surface area contributed by atoms with E-state index in [1.165, 1.54) is 12.1 Å². The largest absolute Gasteiger partial charge is 0.279 e. The fourth-order valence-electron chi connectivity index (χ4n) is 2.30. The van der Waals surface area contributed by atoms with Gasteiger partial charge < -0.3 is 0 Å². The topological polar surface area (TPSA) is 30.7 Å². The molecule has 0 saturated heterocycles. The SMILES string of the molecule is Cc1ccnc2c1nc(C(C)Cl)n2-c1cc(F)cc(F)c1. The number of rotatable bonds is 2. The second kappa shape index (κ2) is 5.07. The summed E-state index contributed by atoms with van der Waals surface area (Å²) in [5.41, 5.74) is 2.44. The van der Waals surface area contributed by atoms with Crippen LogP contribution in [0.4, 0.5) is 8.78 Å². The van der Waals surface area contributed by atoms with Gasteiger partial charge >= 0.3 is 0 Å². The number of alkyl halides is 1. The molecule has 1 atom stereocenters. The summed E-state index contributed by atoms with van der Waals surface area (Å²) in [6.07, 6.45) is 1.63. The van der Waals surface area contributed by atoms with Crippen LogP contribution in [0.1, 0.15) is 23.7 Å². The van der Waals surface area contributed by atoms with Crippen molar-refractivity contribution in [2.75, 3.05) is 0 Å². The molecule has 3 aromatic rings. The molecule has 108 valence electrons. The van der Waals surface area contributed by atoms with Gasteiger partial charge in [0.2, 0.25) is 0 Å². The van der Waals surface area contributed by atoms with E-state index in [1.54, 1.807) is 17.7 Å². The van der Waals surface area contributed by atoms with Crippen molar-refractivity contribution in [2.24, 2.45) is 0 Å². The van der Waals surface area contributed by atoms with E-state index in [1.807, 2.05) is 13.0 Å². The highest BCUT2D eigenvalue weighted by atomic mass is 35.5. The summed E-state index contributed by atoms with van der Waals surface area (Å²) in [7, 11) is 0. The van der Waals surface area contributed by atoms with Gasteiger partial charge in [0.15, 0.2) is 5.65 Å². The Kier molecular flexibility index (Phi) is 3.37. The van der Waals surface area contributed by atoms with E-state index >= 15 is 0 Å². The van der Waals surface area contributed by atoms with Gasteiger partial charge in [0.1, 0.15) is 23.0 Å². The van der Waals surface area contributed by atoms with Crippen molar-refractivity contribution in [1.82, 2.24) is 14.5 Å². The molecule has 1 unspecified atom stereocenters. The van der Waals surface area contributed by atoms with Crippen LogP contribution in [-0.4, -0.2) is 14.5 Å². The lowest BCUT2D eigenvalue weighted by atomic mass is 10.2. The quantitative estimate of drug-likeness (QED) is 0.661. The van der Waals surface area contributed by atoms with Gasteiger partial charge in [0.25, 0.3) is 0 Å². The lowest BCUT2D eigenvalue weighted by Gasteiger charge is -2.10. The number of hydrogen-bond acceptors (Lipinski definition) is 2. The first-order chi connectivity index (χ1) is 9.97. The third-order valence-corrected chi connectivity index (χ3v) is 3.43. The van der Waals surface area contributed by atoms with Crippen molar-refractivity contribution in [3.05, 3.63) is 53.5 Å². The van der Waals surface area contributed by atoms with Gasteiger partial charge in [0, 0.05) is 12.3 Å². The number of fused-ring (bicyclic) bond motifs is 1. The average Bonchev–Trinajstić information content (AvgIpc) is 2.78. The Hall–Kier alpha value is -2.01. The summed E-state index contributed by atoms with van der Waals surface area (Å²) in [5.74, 6) is -0.821. The first-order valence-electron chi connectivity index (χ1n) is 6.42. The molecule has 3 nitrogen and oxygen atoms in total. The molecular weight excluding hydrogens is 296 g/mol. The molecule has 2 heterocycles. The highest BCUT2D eigenvalue weighted by molar-refractivity contribution is 6.20. The molecule has 0 saturated carbocycles. The Balaban J connectivity index is 2.39. The van der Waals surface area contributed by atoms with Crippen molar-refractivity contribution in [3.8, 4) is 5.69 Å². The molecule has 0 radical (unpaired) electrons. The summed E-state index contributed by atoms with van der Waals surface area (Å²) < 4.78 is 28.6. The smallest absolute Gasteiger partial charge is 0.164 e. The summed E-state index contributed by atoms with van der Waals surface area (Å²) in [5, 5.41) is -0.426. The van der Waals surface area contributed by atoms with Crippen molar-refractivity contribution in [1.29, 1.82) is 0 Å². The third-order valence-electron chi connectivity index (χ3n) is 3.24. The third kappa shape index (κ3) is 2.38. The molecule has 0 N–H and O–H groups in total. The zero-order valence-electron chi connectivity index (χ0n) is 11.4. The predicted molar refractivity (Wildman–Crippen MR) is 77.8 cm³/mol. The van der Waals surface area contributed by atoms with Crippen molar-refractivity contribution >= 4 is 22.8 Å². The molecule has 0 fully saturated rings. The molecular formula is C15H12ClF2N3. The first-order valence-corrected chi connectivity index (χ1v) is 6.85. The van der Waals surface area contributed by atoms with Crippen LogP contribution in [0.15, 0.2) is 30.5 Å². The van der Waals surface area contributed by atoms with Crippen LogP contribution in [-0.2, 0) is 0 Å². The lowest BCUT2D eigenvalue weighted by Crippen LogP contribution is -2.03. The number of nitrogens with zero attached hydrogens (tertiary/aromatic N) is 3. The average molecular weight is 308 g/mol. The second-order valence-electron chi connectivity index (χ2n) is 4.85. The lowest BCUT2D eigenvalue weighted by molar-refractivity contribution is 0.581. The number of aryl methyl sites for hydroxylation is 1. The molecule has 0 bridgehead atoms. The number of hydrogen-bond donors (Lipinski definition) is 0. The van der Waals surface area contributed by atoms with Gasteiger partial charge in [-0.1, -0.05) is 0 Å². The number of imidazole rings is 1. The molecule has 0 aliphatic rings. The standard InChI is InChI=1S/C15H12ClF2N3/c1-8-3-4-19-15-13(8)20-14(9(2)16)21(15)12-6-10(17)5-11(18)7-12/h3-7,9H,1-2H3. The fraction of sp³-hybridized carbons (Fsp3) is 0.200. The van der Waals surface area contributed by atoms with E-state index in [2.05, 4.69) is 9.97 Å². The number of pyridine rings is 1.